The molecular weight excluding hydrogens is 210 g/mol. The van der Waals surface area contributed by atoms with E-state index in [1.54, 1.807) is 0 Å². The van der Waals surface area contributed by atoms with Crippen molar-refractivity contribution in [2.45, 2.75) is 50.8 Å². The third-order valence-electron chi connectivity index (χ3n) is 2.63. The molecule has 0 spiro atoms. The van der Waals surface area contributed by atoms with Crippen molar-refractivity contribution in [1.82, 2.24) is 15.2 Å². The van der Waals surface area contributed by atoms with E-state index in [9.17, 15) is 5.11 Å². The number of hydrogen-bond acceptors (Lipinski definition) is 4. The Bertz CT molecular complexity index is 297. The van der Waals surface area contributed by atoms with Crippen molar-refractivity contribution in [2.24, 2.45) is 0 Å². The topological polar surface area (TPSA) is 61.8 Å². The quantitative estimate of drug-likeness (QED) is 0.733. The highest BCUT2D eigenvalue weighted by Gasteiger charge is 2.23. The zero-order valence-electron chi connectivity index (χ0n) is 9.58. The van der Waals surface area contributed by atoms with Crippen LogP contribution in [0.4, 0.5) is 0 Å². The minimum Gasteiger partial charge on any atom is -0.389 e. The Balaban J connectivity index is 2.49. The predicted molar refractivity (Wildman–Crippen MR) is 62.0 cm³/mol. The maximum atomic E-state index is 10.1. The molecule has 0 aliphatic carbocycles. The molecule has 0 radical (unpaired) electrons. The van der Waals surface area contributed by atoms with E-state index in [-0.39, 0.29) is 0 Å². The normalized spacial score (nSPS) is 12.0. The molecule has 0 saturated carbocycles. The van der Waals surface area contributed by atoms with Crippen LogP contribution in [-0.4, -0.2) is 31.6 Å². The highest BCUT2D eigenvalue weighted by molar-refractivity contribution is 7.99. The zero-order chi connectivity index (χ0) is 11.3. The van der Waals surface area contributed by atoms with Gasteiger partial charge in [0, 0.05) is 12.2 Å². The summed E-state index contributed by atoms with van der Waals surface area (Å²) in [6.45, 7) is 6.03. The molecule has 1 heterocycles. The lowest BCUT2D eigenvalue weighted by atomic mass is 10.0. The average Bonchev–Trinajstić information content (AvgIpc) is 2.74. The molecular formula is C10H19N3OS. The first-order valence-electron chi connectivity index (χ1n) is 5.40. The first kappa shape index (κ1) is 12.5. The van der Waals surface area contributed by atoms with Crippen LogP contribution in [0.15, 0.2) is 5.16 Å². The highest BCUT2D eigenvalue weighted by atomic mass is 32.2. The van der Waals surface area contributed by atoms with Gasteiger partial charge in [0.05, 0.1) is 5.60 Å². The van der Waals surface area contributed by atoms with E-state index in [1.165, 1.54) is 11.8 Å². The van der Waals surface area contributed by atoms with Crippen LogP contribution in [0.1, 0.15) is 39.4 Å². The maximum Gasteiger partial charge on any atom is 0.208 e. The fourth-order valence-electron chi connectivity index (χ4n) is 1.15. The number of aryl methyl sites for hydroxylation is 1. The Kier molecular flexibility index (Phi) is 4.60. The van der Waals surface area contributed by atoms with Gasteiger partial charge in [-0.2, -0.15) is 0 Å². The average molecular weight is 229 g/mol. The fraction of sp³-hybridized carbons (Fsp3) is 0.800. The van der Waals surface area contributed by atoms with Crippen molar-refractivity contribution in [3.05, 3.63) is 5.82 Å². The third-order valence-corrected chi connectivity index (χ3v) is 3.75. The van der Waals surface area contributed by atoms with E-state index in [2.05, 4.69) is 15.2 Å². The SMILES string of the molecule is CCc1nc(SCC(O)(CC)CC)n[nH]1. The largest absolute Gasteiger partial charge is 0.389 e. The molecule has 4 nitrogen and oxygen atoms in total. The summed E-state index contributed by atoms with van der Waals surface area (Å²) in [5.74, 6) is 1.55. The summed E-state index contributed by atoms with van der Waals surface area (Å²) >= 11 is 1.51. The van der Waals surface area contributed by atoms with E-state index >= 15 is 0 Å². The first-order chi connectivity index (χ1) is 7.13. The van der Waals surface area contributed by atoms with Crippen molar-refractivity contribution in [3.8, 4) is 0 Å². The van der Waals surface area contributed by atoms with Crippen LogP contribution in [0.5, 0.6) is 0 Å². The molecule has 0 aromatic carbocycles. The number of aromatic amines is 1. The van der Waals surface area contributed by atoms with Gasteiger partial charge in [-0.1, -0.05) is 32.5 Å². The molecule has 15 heavy (non-hydrogen) atoms. The molecule has 5 heteroatoms. The molecule has 0 amide bonds. The van der Waals surface area contributed by atoms with Gasteiger partial charge >= 0.3 is 0 Å². The lowest BCUT2D eigenvalue weighted by Gasteiger charge is -2.23. The summed E-state index contributed by atoms with van der Waals surface area (Å²) in [5, 5.41) is 17.7. The summed E-state index contributed by atoms with van der Waals surface area (Å²) in [6, 6.07) is 0. The van der Waals surface area contributed by atoms with Crippen LogP contribution < -0.4 is 0 Å². The number of aromatic nitrogens is 3. The minimum atomic E-state index is -0.586. The smallest absolute Gasteiger partial charge is 0.208 e. The number of H-pyrrole nitrogens is 1. The summed E-state index contributed by atoms with van der Waals surface area (Å²) in [6.07, 6.45) is 2.39. The lowest BCUT2D eigenvalue weighted by Crippen LogP contribution is -2.29. The van der Waals surface area contributed by atoms with Crippen LogP contribution in [0.3, 0.4) is 0 Å². The Morgan fingerprint density at radius 3 is 2.47 bits per heavy atom. The molecule has 1 aromatic rings. The molecule has 0 fully saturated rings. The molecule has 1 aromatic heterocycles. The summed E-state index contributed by atoms with van der Waals surface area (Å²) < 4.78 is 0. The molecule has 0 bridgehead atoms. The number of nitrogens with one attached hydrogen (secondary N) is 1. The second-order valence-electron chi connectivity index (χ2n) is 3.64. The van der Waals surface area contributed by atoms with Gasteiger partial charge in [0.15, 0.2) is 0 Å². The van der Waals surface area contributed by atoms with Gasteiger partial charge < -0.3 is 5.11 Å². The summed E-state index contributed by atoms with van der Waals surface area (Å²) in [7, 11) is 0. The van der Waals surface area contributed by atoms with Crippen LogP contribution in [0, 0.1) is 0 Å². The van der Waals surface area contributed by atoms with Crippen molar-refractivity contribution in [1.29, 1.82) is 0 Å². The van der Waals surface area contributed by atoms with E-state index in [4.69, 9.17) is 0 Å². The number of aliphatic hydroxyl groups is 1. The number of nitrogens with zero attached hydrogens (tertiary/aromatic N) is 2. The van der Waals surface area contributed by atoms with E-state index < -0.39 is 5.60 Å². The van der Waals surface area contributed by atoms with Gasteiger partial charge in [-0.05, 0) is 12.8 Å². The van der Waals surface area contributed by atoms with E-state index in [1.807, 2.05) is 20.8 Å². The molecule has 0 saturated heterocycles. The molecule has 0 aliphatic rings. The molecule has 86 valence electrons. The van der Waals surface area contributed by atoms with Crippen LogP contribution in [0.25, 0.3) is 0 Å². The summed E-state index contributed by atoms with van der Waals surface area (Å²) in [4.78, 5) is 4.29. The van der Waals surface area contributed by atoms with Crippen LogP contribution in [0.2, 0.25) is 0 Å². The Hall–Kier alpha value is -0.550. The Morgan fingerprint density at radius 1 is 1.33 bits per heavy atom. The standard InChI is InChI=1S/C10H19N3OS/c1-4-8-11-9(13-12-8)15-7-10(14,5-2)6-3/h14H,4-7H2,1-3H3,(H,11,12,13). The number of thioether (sulfide) groups is 1. The molecule has 1 rings (SSSR count). The Morgan fingerprint density at radius 2 is 2.00 bits per heavy atom. The number of rotatable bonds is 6. The van der Waals surface area contributed by atoms with Crippen molar-refractivity contribution < 1.29 is 5.11 Å². The van der Waals surface area contributed by atoms with E-state index in [0.717, 1.165) is 30.2 Å². The minimum absolute atomic E-state index is 0.586. The monoisotopic (exact) mass is 229 g/mol. The van der Waals surface area contributed by atoms with Crippen LogP contribution in [-0.2, 0) is 6.42 Å². The molecule has 2 N–H and O–H groups in total. The van der Waals surface area contributed by atoms with Gasteiger partial charge in [0.2, 0.25) is 5.16 Å². The Labute approximate surface area is 94.9 Å². The first-order valence-corrected chi connectivity index (χ1v) is 6.38. The van der Waals surface area contributed by atoms with E-state index in [0.29, 0.717) is 5.75 Å². The fourth-order valence-corrected chi connectivity index (χ4v) is 2.24. The molecule has 0 aliphatic heterocycles. The van der Waals surface area contributed by atoms with Gasteiger partial charge in [-0.3, -0.25) is 5.10 Å². The highest BCUT2D eigenvalue weighted by Crippen LogP contribution is 2.24. The number of hydrogen-bond donors (Lipinski definition) is 2. The second-order valence-corrected chi connectivity index (χ2v) is 4.58. The van der Waals surface area contributed by atoms with Gasteiger partial charge in [-0.15, -0.1) is 5.10 Å². The lowest BCUT2D eigenvalue weighted by molar-refractivity contribution is 0.0571. The second kappa shape index (κ2) is 5.51. The van der Waals surface area contributed by atoms with Gasteiger partial charge in [0.25, 0.3) is 0 Å². The van der Waals surface area contributed by atoms with Crippen molar-refractivity contribution >= 4 is 11.8 Å². The van der Waals surface area contributed by atoms with Crippen molar-refractivity contribution in [2.75, 3.05) is 5.75 Å². The third kappa shape index (κ3) is 3.50. The molecule has 0 unspecified atom stereocenters. The predicted octanol–water partition coefficient (Wildman–Crippen LogP) is 2.01. The maximum absolute atomic E-state index is 10.1. The van der Waals surface area contributed by atoms with Gasteiger partial charge in [0.1, 0.15) is 5.82 Å². The molecule has 0 atom stereocenters. The summed E-state index contributed by atoms with van der Waals surface area (Å²) in [5.41, 5.74) is -0.586. The van der Waals surface area contributed by atoms with Crippen molar-refractivity contribution in [3.63, 3.8) is 0 Å². The van der Waals surface area contributed by atoms with Gasteiger partial charge in [-0.25, -0.2) is 4.98 Å². The van der Waals surface area contributed by atoms with Crippen LogP contribution >= 0.6 is 11.8 Å². The zero-order valence-corrected chi connectivity index (χ0v) is 10.4.